The molecule has 146 valence electrons. The van der Waals surface area contributed by atoms with Gasteiger partial charge in [0.05, 0.1) is 19.8 Å². The molecule has 2 aromatic heterocycles. The SMILES string of the molecule is CCN(Cc1cccs1)C(=O)CCc1c(C)nc(N2CCOCC2)[nH]c1=O. The number of morpholine rings is 1. The van der Waals surface area contributed by atoms with Gasteiger partial charge in [-0.15, -0.1) is 11.3 Å². The van der Waals surface area contributed by atoms with Crippen LogP contribution in [-0.2, 0) is 22.5 Å². The Balaban J connectivity index is 1.64. The maximum Gasteiger partial charge on any atom is 0.255 e. The lowest BCUT2D eigenvalue weighted by atomic mass is 10.1. The first-order valence-corrected chi connectivity index (χ1v) is 10.2. The number of amides is 1. The number of ether oxygens (including phenoxy) is 1. The van der Waals surface area contributed by atoms with E-state index in [-0.39, 0.29) is 11.5 Å². The summed E-state index contributed by atoms with van der Waals surface area (Å²) in [6, 6.07) is 4.02. The van der Waals surface area contributed by atoms with Crippen molar-refractivity contribution >= 4 is 23.2 Å². The molecular formula is C19H26N4O3S. The quantitative estimate of drug-likeness (QED) is 0.782. The molecule has 1 N–H and O–H groups in total. The fourth-order valence-electron chi connectivity index (χ4n) is 3.17. The van der Waals surface area contributed by atoms with Crippen molar-refractivity contribution < 1.29 is 9.53 Å². The number of rotatable bonds is 7. The molecule has 1 amide bonds. The van der Waals surface area contributed by atoms with Crippen molar-refractivity contribution in [3.8, 4) is 0 Å². The predicted molar refractivity (Wildman–Crippen MR) is 106 cm³/mol. The summed E-state index contributed by atoms with van der Waals surface area (Å²) in [7, 11) is 0. The van der Waals surface area contributed by atoms with Gasteiger partial charge in [0, 0.05) is 42.2 Å². The van der Waals surface area contributed by atoms with Gasteiger partial charge < -0.3 is 14.5 Å². The summed E-state index contributed by atoms with van der Waals surface area (Å²) in [5.74, 6) is 0.644. The summed E-state index contributed by atoms with van der Waals surface area (Å²) in [6.45, 7) is 7.79. The second kappa shape index (κ2) is 9.14. The molecule has 0 atom stereocenters. The van der Waals surface area contributed by atoms with Gasteiger partial charge >= 0.3 is 0 Å². The zero-order valence-corrected chi connectivity index (χ0v) is 16.7. The van der Waals surface area contributed by atoms with E-state index in [1.807, 2.05) is 41.2 Å². The molecule has 0 aliphatic carbocycles. The van der Waals surface area contributed by atoms with Gasteiger partial charge in [-0.3, -0.25) is 14.6 Å². The minimum atomic E-state index is -0.155. The topological polar surface area (TPSA) is 78.5 Å². The zero-order valence-electron chi connectivity index (χ0n) is 15.9. The average molecular weight is 391 g/mol. The molecule has 0 aromatic carbocycles. The third-order valence-corrected chi connectivity index (χ3v) is 5.63. The van der Waals surface area contributed by atoms with E-state index in [2.05, 4.69) is 9.97 Å². The third-order valence-electron chi connectivity index (χ3n) is 4.77. The highest BCUT2D eigenvalue weighted by atomic mass is 32.1. The van der Waals surface area contributed by atoms with Gasteiger partial charge in [0.1, 0.15) is 0 Å². The van der Waals surface area contributed by atoms with Gasteiger partial charge in [0.2, 0.25) is 11.9 Å². The van der Waals surface area contributed by atoms with Gasteiger partial charge in [-0.05, 0) is 31.7 Å². The Bertz CT molecular complexity index is 813. The molecule has 1 fully saturated rings. The van der Waals surface area contributed by atoms with Crippen LogP contribution in [0.2, 0.25) is 0 Å². The number of anilines is 1. The summed E-state index contributed by atoms with van der Waals surface area (Å²) in [5, 5.41) is 2.01. The van der Waals surface area contributed by atoms with Crippen LogP contribution in [0.25, 0.3) is 0 Å². The number of H-pyrrole nitrogens is 1. The molecule has 1 aliphatic rings. The van der Waals surface area contributed by atoms with Gasteiger partial charge in [-0.2, -0.15) is 0 Å². The number of hydrogen-bond acceptors (Lipinski definition) is 6. The van der Waals surface area contributed by atoms with Crippen LogP contribution in [0.3, 0.4) is 0 Å². The summed E-state index contributed by atoms with van der Waals surface area (Å²) in [4.78, 5) is 37.6. The molecule has 3 heterocycles. The first kappa shape index (κ1) is 19.6. The summed E-state index contributed by atoms with van der Waals surface area (Å²) < 4.78 is 5.34. The lowest BCUT2D eigenvalue weighted by Crippen LogP contribution is -2.38. The van der Waals surface area contributed by atoms with Crippen molar-refractivity contribution in [3.05, 3.63) is 44.0 Å². The molecule has 0 bridgehead atoms. The number of carbonyl (C=O) groups is 1. The second-order valence-electron chi connectivity index (χ2n) is 6.54. The van der Waals surface area contributed by atoms with E-state index >= 15 is 0 Å². The largest absolute Gasteiger partial charge is 0.378 e. The fourth-order valence-corrected chi connectivity index (χ4v) is 3.89. The van der Waals surface area contributed by atoms with Crippen molar-refractivity contribution in [1.82, 2.24) is 14.9 Å². The van der Waals surface area contributed by atoms with Crippen molar-refractivity contribution in [2.45, 2.75) is 33.2 Å². The maximum absolute atomic E-state index is 12.6. The van der Waals surface area contributed by atoms with Crippen LogP contribution < -0.4 is 10.5 Å². The molecule has 7 nitrogen and oxygen atoms in total. The zero-order chi connectivity index (χ0) is 19.2. The van der Waals surface area contributed by atoms with Crippen LogP contribution in [0.4, 0.5) is 5.95 Å². The van der Waals surface area contributed by atoms with Gasteiger partial charge in [0.15, 0.2) is 0 Å². The Labute approximate surface area is 163 Å². The number of hydrogen-bond donors (Lipinski definition) is 1. The maximum atomic E-state index is 12.6. The van der Waals surface area contributed by atoms with E-state index in [9.17, 15) is 9.59 Å². The van der Waals surface area contributed by atoms with Crippen molar-refractivity contribution in [2.75, 3.05) is 37.7 Å². The Morgan fingerprint density at radius 2 is 2.19 bits per heavy atom. The highest BCUT2D eigenvalue weighted by Crippen LogP contribution is 2.14. The Morgan fingerprint density at radius 1 is 1.41 bits per heavy atom. The Morgan fingerprint density at radius 3 is 2.81 bits per heavy atom. The molecular weight excluding hydrogens is 364 g/mol. The molecule has 3 rings (SSSR count). The Kier molecular flexibility index (Phi) is 6.63. The van der Waals surface area contributed by atoms with Crippen molar-refractivity contribution in [3.63, 3.8) is 0 Å². The third kappa shape index (κ3) is 4.95. The predicted octanol–water partition coefficient (Wildman–Crippen LogP) is 1.96. The second-order valence-corrected chi connectivity index (χ2v) is 7.57. The van der Waals surface area contributed by atoms with Crippen molar-refractivity contribution in [2.24, 2.45) is 0 Å². The van der Waals surface area contributed by atoms with E-state index < -0.39 is 0 Å². The van der Waals surface area contributed by atoms with Crippen molar-refractivity contribution in [1.29, 1.82) is 0 Å². The standard InChI is InChI=1S/C19H26N4O3S/c1-3-22(13-15-5-4-12-27-15)17(24)7-6-16-14(2)20-19(21-18(16)25)23-8-10-26-11-9-23/h4-5,12H,3,6-11,13H2,1-2H3,(H,20,21,25). The highest BCUT2D eigenvalue weighted by molar-refractivity contribution is 7.09. The molecule has 8 heteroatoms. The summed E-state index contributed by atoms with van der Waals surface area (Å²) in [6.07, 6.45) is 0.707. The average Bonchev–Trinajstić information content (AvgIpc) is 3.19. The number of carbonyl (C=O) groups excluding carboxylic acids is 1. The minimum absolute atomic E-state index is 0.0574. The van der Waals surface area contributed by atoms with Gasteiger partial charge in [-0.25, -0.2) is 4.98 Å². The first-order valence-electron chi connectivity index (χ1n) is 9.31. The molecule has 1 saturated heterocycles. The summed E-state index contributed by atoms with van der Waals surface area (Å²) >= 11 is 1.65. The van der Waals surface area contributed by atoms with Crippen LogP contribution in [0, 0.1) is 6.92 Å². The molecule has 0 spiro atoms. The van der Waals surface area contributed by atoms with E-state index in [1.165, 1.54) is 0 Å². The minimum Gasteiger partial charge on any atom is -0.378 e. The molecule has 0 radical (unpaired) electrons. The Hall–Kier alpha value is -2.19. The molecule has 2 aromatic rings. The van der Waals surface area contributed by atoms with Crippen LogP contribution in [0.5, 0.6) is 0 Å². The van der Waals surface area contributed by atoms with E-state index in [0.717, 1.165) is 4.88 Å². The van der Waals surface area contributed by atoms with Gasteiger partial charge in [0.25, 0.3) is 5.56 Å². The highest BCUT2D eigenvalue weighted by Gasteiger charge is 2.18. The van der Waals surface area contributed by atoms with Gasteiger partial charge in [-0.1, -0.05) is 6.07 Å². The van der Waals surface area contributed by atoms with Crippen LogP contribution in [0.15, 0.2) is 22.3 Å². The lowest BCUT2D eigenvalue weighted by Gasteiger charge is -2.27. The normalized spacial score (nSPS) is 14.4. The number of aromatic amines is 1. The molecule has 27 heavy (non-hydrogen) atoms. The molecule has 1 aliphatic heterocycles. The smallest absolute Gasteiger partial charge is 0.255 e. The van der Waals surface area contributed by atoms with Crippen LogP contribution in [0.1, 0.15) is 29.5 Å². The van der Waals surface area contributed by atoms with E-state index in [4.69, 9.17) is 4.74 Å². The number of aryl methyl sites for hydroxylation is 1. The number of aromatic nitrogens is 2. The fraction of sp³-hybridized carbons (Fsp3) is 0.526. The van der Waals surface area contributed by atoms with Crippen LogP contribution in [-0.4, -0.2) is 53.6 Å². The number of nitrogens with zero attached hydrogens (tertiary/aromatic N) is 3. The molecule has 0 unspecified atom stereocenters. The van der Waals surface area contributed by atoms with E-state index in [1.54, 1.807) is 11.3 Å². The monoisotopic (exact) mass is 390 g/mol. The lowest BCUT2D eigenvalue weighted by molar-refractivity contribution is -0.131. The first-order chi connectivity index (χ1) is 13.1. The van der Waals surface area contributed by atoms with Crippen LogP contribution >= 0.6 is 11.3 Å². The summed E-state index contributed by atoms with van der Waals surface area (Å²) in [5.41, 5.74) is 1.12. The molecule has 0 saturated carbocycles. The van der Waals surface area contributed by atoms with E-state index in [0.29, 0.717) is 69.4 Å². The number of nitrogens with one attached hydrogen (secondary N) is 1. The number of thiophene rings is 1.